The number of ether oxygens (including phenoxy) is 1. The minimum atomic E-state index is 0.235. The predicted octanol–water partition coefficient (Wildman–Crippen LogP) is 1.48. The van der Waals surface area contributed by atoms with Crippen LogP contribution in [0, 0.1) is 0 Å². The zero-order valence-corrected chi connectivity index (χ0v) is 14.4. The first-order chi connectivity index (χ1) is 10.7. The minimum absolute atomic E-state index is 0.235. The van der Waals surface area contributed by atoms with Gasteiger partial charge in [0.2, 0.25) is 5.91 Å². The topological polar surface area (TPSA) is 44.8 Å². The largest absolute Gasteiger partial charge is 0.380 e. The lowest BCUT2D eigenvalue weighted by Crippen LogP contribution is -2.53. The number of piperazine rings is 1. The van der Waals surface area contributed by atoms with E-state index in [1.165, 1.54) is 25.7 Å². The molecule has 0 aromatic carbocycles. The van der Waals surface area contributed by atoms with E-state index in [-0.39, 0.29) is 5.91 Å². The summed E-state index contributed by atoms with van der Waals surface area (Å²) in [6.07, 6.45) is 5.52. The van der Waals surface area contributed by atoms with Crippen molar-refractivity contribution in [2.24, 2.45) is 0 Å². The number of hydrogen-bond acceptors (Lipinski definition) is 4. The summed E-state index contributed by atoms with van der Waals surface area (Å²) in [6.45, 7) is 11.0. The lowest BCUT2D eigenvalue weighted by Gasteiger charge is -2.39. The predicted molar refractivity (Wildman–Crippen MR) is 89.0 cm³/mol. The van der Waals surface area contributed by atoms with E-state index in [0.717, 1.165) is 45.9 Å². The third kappa shape index (κ3) is 5.86. The van der Waals surface area contributed by atoms with Crippen molar-refractivity contribution in [3.8, 4) is 0 Å². The summed E-state index contributed by atoms with van der Waals surface area (Å²) in [7, 11) is 0. The molecule has 0 aromatic rings. The molecular weight excluding hydrogens is 278 g/mol. The van der Waals surface area contributed by atoms with Gasteiger partial charge in [-0.1, -0.05) is 12.8 Å². The lowest BCUT2D eigenvalue weighted by atomic mass is 10.1. The molecule has 1 saturated heterocycles. The molecule has 5 heteroatoms. The Hall–Kier alpha value is -0.650. The summed E-state index contributed by atoms with van der Waals surface area (Å²) in [5.41, 5.74) is 0. The number of amides is 1. The second-order valence-electron chi connectivity index (χ2n) is 6.68. The van der Waals surface area contributed by atoms with Crippen LogP contribution in [-0.4, -0.2) is 73.7 Å². The van der Waals surface area contributed by atoms with Gasteiger partial charge in [-0.3, -0.25) is 9.69 Å². The Labute approximate surface area is 135 Å². The quantitative estimate of drug-likeness (QED) is 0.690. The highest BCUT2D eigenvalue weighted by Crippen LogP contribution is 2.17. The van der Waals surface area contributed by atoms with Crippen LogP contribution in [0.15, 0.2) is 0 Å². The normalized spacial score (nSPS) is 24.7. The van der Waals surface area contributed by atoms with Gasteiger partial charge < -0.3 is 15.0 Å². The summed E-state index contributed by atoms with van der Waals surface area (Å²) < 4.78 is 5.45. The zero-order chi connectivity index (χ0) is 15.8. The van der Waals surface area contributed by atoms with Crippen molar-refractivity contribution in [3.05, 3.63) is 0 Å². The monoisotopic (exact) mass is 311 g/mol. The van der Waals surface area contributed by atoms with Crippen molar-refractivity contribution in [3.63, 3.8) is 0 Å². The third-order valence-corrected chi connectivity index (χ3v) is 4.95. The van der Waals surface area contributed by atoms with E-state index in [1.807, 2.05) is 6.92 Å². The molecule has 1 heterocycles. The third-order valence-electron chi connectivity index (χ3n) is 4.95. The molecule has 128 valence electrons. The fourth-order valence-corrected chi connectivity index (χ4v) is 3.56. The van der Waals surface area contributed by atoms with Crippen LogP contribution in [0.3, 0.4) is 0 Å². The average Bonchev–Trinajstić information content (AvgIpc) is 3.00. The molecule has 5 nitrogen and oxygen atoms in total. The van der Waals surface area contributed by atoms with Gasteiger partial charge in [0.05, 0.1) is 6.61 Å². The molecule has 0 aromatic heterocycles. The molecule has 0 radical (unpaired) electrons. The van der Waals surface area contributed by atoms with Crippen molar-refractivity contribution >= 4 is 5.91 Å². The molecule has 22 heavy (non-hydrogen) atoms. The Morgan fingerprint density at radius 2 is 2.00 bits per heavy atom. The van der Waals surface area contributed by atoms with Gasteiger partial charge in [0.25, 0.3) is 0 Å². The van der Waals surface area contributed by atoms with Crippen molar-refractivity contribution < 1.29 is 9.53 Å². The summed E-state index contributed by atoms with van der Waals surface area (Å²) >= 11 is 0. The Balaban J connectivity index is 1.60. The summed E-state index contributed by atoms with van der Waals surface area (Å²) in [6, 6.07) is 0.994. The molecule has 0 spiro atoms. The van der Waals surface area contributed by atoms with Crippen LogP contribution in [0.25, 0.3) is 0 Å². The molecule has 1 aliphatic carbocycles. The molecular formula is C17H33N3O2. The van der Waals surface area contributed by atoms with Gasteiger partial charge in [0.15, 0.2) is 0 Å². The van der Waals surface area contributed by atoms with E-state index in [9.17, 15) is 4.79 Å². The van der Waals surface area contributed by atoms with E-state index in [0.29, 0.717) is 18.5 Å². The fourth-order valence-electron chi connectivity index (χ4n) is 3.56. The van der Waals surface area contributed by atoms with Gasteiger partial charge in [0, 0.05) is 57.8 Å². The standard InChI is InChI=1S/C17H33N3O2/c1-3-22-13-12-20-11-10-19(14-15(20)2)9-8-17(21)18-16-6-4-5-7-16/h15-16H,3-14H2,1-2H3,(H,18,21). The smallest absolute Gasteiger partial charge is 0.221 e. The molecule has 2 rings (SSSR count). The molecule has 1 atom stereocenters. The van der Waals surface area contributed by atoms with Crippen LogP contribution in [0.1, 0.15) is 46.0 Å². The first-order valence-electron chi connectivity index (χ1n) is 9.02. The summed E-state index contributed by atoms with van der Waals surface area (Å²) in [5, 5.41) is 3.18. The maximum Gasteiger partial charge on any atom is 0.221 e. The maximum absolute atomic E-state index is 12.0. The number of hydrogen-bond donors (Lipinski definition) is 1. The van der Waals surface area contributed by atoms with Crippen LogP contribution >= 0.6 is 0 Å². The van der Waals surface area contributed by atoms with E-state index < -0.39 is 0 Å². The first-order valence-corrected chi connectivity index (χ1v) is 9.02. The second kappa shape index (κ2) is 9.48. The lowest BCUT2D eigenvalue weighted by molar-refractivity contribution is -0.122. The van der Waals surface area contributed by atoms with Crippen LogP contribution < -0.4 is 5.32 Å². The summed E-state index contributed by atoms with van der Waals surface area (Å²) in [4.78, 5) is 16.9. The van der Waals surface area contributed by atoms with Crippen LogP contribution in [0.5, 0.6) is 0 Å². The number of carbonyl (C=O) groups excluding carboxylic acids is 1. The van der Waals surface area contributed by atoms with Gasteiger partial charge in [-0.25, -0.2) is 0 Å². The van der Waals surface area contributed by atoms with E-state index in [2.05, 4.69) is 22.0 Å². The van der Waals surface area contributed by atoms with E-state index in [1.54, 1.807) is 0 Å². The van der Waals surface area contributed by atoms with Gasteiger partial charge in [-0.05, 0) is 26.7 Å². The van der Waals surface area contributed by atoms with Crippen molar-refractivity contribution in [1.82, 2.24) is 15.1 Å². The van der Waals surface area contributed by atoms with E-state index in [4.69, 9.17) is 4.74 Å². The van der Waals surface area contributed by atoms with Crippen molar-refractivity contribution in [2.45, 2.75) is 58.0 Å². The van der Waals surface area contributed by atoms with Crippen molar-refractivity contribution in [2.75, 3.05) is 45.9 Å². The molecule has 1 saturated carbocycles. The SMILES string of the molecule is CCOCCN1CCN(CCC(=O)NC2CCCC2)CC1C. The Morgan fingerprint density at radius 3 is 2.68 bits per heavy atom. The fraction of sp³-hybridized carbons (Fsp3) is 0.941. The number of carbonyl (C=O) groups is 1. The van der Waals surface area contributed by atoms with Crippen LogP contribution in [0.4, 0.5) is 0 Å². The highest BCUT2D eigenvalue weighted by molar-refractivity contribution is 5.76. The molecule has 2 aliphatic rings. The number of nitrogens with zero attached hydrogens (tertiary/aromatic N) is 2. The Kier molecular flexibility index (Phi) is 7.63. The zero-order valence-electron chi connectivity index (χ0n) is 14.4. The molecule has 0 bridgehead atoms. The van der Waals surface area contributed by atoms with Crippen LogP contribution in [0.2, 0.25) is 0 Å². The molecule has 1 N–H and O–H groups in total. The van der Waals surface area contributed by atoms with Gasteiger partial charge >= 0.3 is 0 Å². The number of nitrogens with one attached hydrogen (secondary N) is 1. The average molecular weight is 311 g/mol. The number of rotatable bonds is 8. The molecule has 1 unspecified atom stereocenters. The van der Waals surface area contributed by atoms with Gasteiger partial charge in [0.1, 0.15) is 0 Å². The first kappa shape index (κ1) is 17.7. The van der Waals surface area contributed by atoms with Crippen molar-refractivity contribution in [1.29, 1.82) is 0 Å². The maximum atomic E-state index is 12.0. The highest BCUT2D eigenvalue weighted by Gasteiger charge is 2.24. The van der Waals surface area contributed by atoms with Gasteiger partial charge in [-0.15, -0.1) is 0 Å². The Morgan fingerprint density at radius 1 is 1.23 bits per heavy atom. The molecule has 1 aliphatic heterocycles. The highest BCUT2D eigenvalue weighted by atomic mass is 16.5. The van der Waals surface area contributed by atoms with E-state index >= 15 is 0 Å². The summed E-state index contributed by atoms with van der Waals surface area (Å²) in [5.74, 6) is 0.235. The second-order valence-corrected chi connectivity index (χ2v) is 6.68. The van der Waals surface area contributed by atoms with Crippen LogP contribution in [-0.2, 0) is 9.53 Å². The Bertz CT molecular complexity index is 332. The van der Waals surface area contributed by atoms with Gasteiger partial charge in [-0.2, -0.15) is 0 Å². The minimum Gasteiger partial charge on any atom is -0.380 e. The molecule has 2 fully saturated rings. The molecule has 1 amide bonds.